The predicted molar refractivity (Wildman–Crippen MR) is 140 cm³/mol. The number of carbonyl (C=O) groups excluding carboxylic acids is 1. The molecule has 0 aromatic heterocycles. The van der Waals surface area contributed by atoms with E-state index >= 15 is 0 Å². The third-order valence-electron chi connectivity index (χ3n) is 5.96. The van der Waals surface area contributed by atoms with Gasteiger partial charge in [0.2, 0.25) is 15.9 Å². The van der Waals surface area contributed by atoms with E-state index in [0.717, 1.165) is 15.4 Å². The van der Waals surface area contributed by atoms with Crippen molar-refractivity contribution in [1.82, 2.24) is 4.31 Å². The fourth-order valence-electron chi connectivity index (χ4n) is 4.00. The molecule has 190 valence electrons. The number of halogens is 1. The Morgan fingerprint density at radius 3 is 2.25 bits per heavy atom. The maximum atomic E-state index is 13.2. The fourth-order valence-corrected chi connectivity index (χ4v) is 7.02. The number of aryl methyl sites for hydroxylation is 1. The molecular formula is C25H26ClN3O5S2. The van der Waals surface area contributed by atoms with E-state index in [2.05, 4.69) is 5.32 Å². The minimum absolute atomic E-state index is 0.112. The zero-order chi connectivity index (χ0) is 26.1. The Morgan fingerprint density at radius 1 is 0.972 bits per heavy atom. The summed E-state index contributed by atoms with van der Waals surface area (Å²) in [6, 6.07) is 17.4. The van der Waals surface area contributed by atoms with Gasteiger partial charge in [0.15, 0.2) is 0 Å². The summed E-state index contributed by atoms with van der Waals surface area (Å²) in [6.45, 7) is 3.53. The van der Waals surface area contributed by atoms with Crippen molar-refractivity contribution >= 4 is 48.9 Å². The van der Waals surface area contributed by atoms with Crippen LogP contribution in [0.2, 0.25) is 5.02 Å². The van der Waals surface area contributed by atoms with Gasteiger partial charge in [-0.05, 0) is 67.4 Å². The van der Waals surface area contributed by atoms with Crippen LogP contribution < -0.4 is 9.62 Å². The van der Waals surface area contributed by atoms with Crippen molar-refractivity contribution in [1.29, 1.82) is 0 Å². The minimum Gasteiger partial charge on any atom is -0.325 e. The van der Waals surface area contributed by atoms with Crippen LogP contribution in [0, 0.1) is 6.92 Å². The molecule has 1 aliphatic rings. The van der Waals surface area contributed by atoms with Gasteiger partial charge in [-0.2, -0.15) is 4.31 Å². The number of hydrogen-bond donors (Lipinski definition) is 1. The Labute approximate surface area is 216 Å². The minimum atomic E-state index is -3.85. The van der Waals surface area contributed by atoms with Crippen LogP contribution in [0.1, 0.15) is 18.1 Å². The summed E-state index contributed by atoms with van der Waals surface area (Å²) in [4.78, 5) is 13.0. The Balaban J connectivity index is 1.52. The third kappa shape index (κ3) is 5.27. The van der Waals surface area contributed by atoms with Crippen molar-refractivity contribution < 1.29 is 21.6 Å². The number of likely N-dealkylation sites (N-methyl/N-ethyl adjacent to an activating group) is 1. The van der Waals surface area contributed by atoms with Gasteiger partial charge in [-0.25, -0.2) is 16.8 Å². The van der Waals surface area contributed by atoms with E-state index in [1.165, 1.54) is 40.7 Å². The molecule has 0 saturated heterocycles. The van der Waals surface area contributed by atoms with Gasteiger partial charge in [-0.3, -0.25) is 9.10 Å². The standard InChI is InChI=1S/C25H26ClN3O5S2/c1-3-28(35(31,32)22-10-4-18(2)5-11-22)17-25(30)27-21-9-6-19-14-15-29(24(19)16-21)36(33,34)23-12-7-20(26)8-13-23/h4-13,16H,3,14-15,17H2,1-2H3,(H,27,30). The van der Waals surface area contributed by atoms with Crippen LogP contribution in [0.5, 0.6) is 0 Å². The zero-order valence-corrected chi connectivity index (χ0v) is 22.2. The lowest BCUT2D eigenvalue weighted by molar-refractivity contribution is -0.116. The van der Waals surface area contributed by atoms with Crippen LogP contribution in [-0.2, 0) is 31.3 Å². The molecule has 0 spiro atoms. The number of nitrogens with zero attached hydrogens (tertiary/aromatic N) is 2. The maximum absolute atomic E-state index is 13.2. The lowest BCUT2D eigenvalue weighted by Gasteiger charge is -2.21. The Kier molecular flexibility index (Phi) is 7.42. The summed E-state index contributed by atoms with van der Waals surface area (Å²) in [5.74, 6) is -0.530. The van der Waals surface area contributed by atoms with E-state index in [1.807, 2.05) is 6.92 Å². The molecule has 3 aromatic carbocycles. The summed E-state index contributed by atoms with van der Waals surface area (Å²) in [7, 11) is -7.67. The molecule has 0 unspecified atom stereocenters. The fraction of sp³-hybridized carbons (Fsp3) is 0.240. The maximum Gasteiger partial charge on any atom is 0.264 e. The summed E-state index contributed by atoms with van der Waals surface area (Å²) < 4.78 is 54.8. The highest BCUT2D eigenvalue weighted by atomic mass is 35.5. The summed E-state index contributed by atoms with van der Waals surface area (Å²) in [5, 5.41) is 3.14. The smallest absolute Gasteiger partial charge is 0.264 e. The zero-order valence-electron chi connectivity index (χ0n) is 19.8. The number of sulfonamides is 2. The number of hydrogen-bond acceptors (Lipinski definition) is 5. The number of benzene rings is 3. The molecular weight excluding hydrogens is 522 g/mol. The van der Waals surface area contributed by atoms with E-state index in [1.54, 1.807) is 37.3 Å². The third-order valence-corrected chi connectivity index (χ3v) is 9.97. The molecule has 0 saturated carbocycles. The molecule has 0 fully saturated rings. The Morgan fingerprint density at radius 2 is 1.61 bits per heavy atom. The first-order chi connectivity index (χ1) is 17.0. The first-order valence-electron chi connectivity index (χ1n) is 11.3. The van der Waals surface area contributed by atoms with E-state index in [-0.39, 0.29) is 29.4 Å². The molecule has 0 atom stereocenters. The second-order valence-electron chi connectivity index (χ2n) is 8.42. The van der Waals surface area contributed by atoms with E-state index in [0.29, 0.717) is 22.8 Å². The van der Waals surface area contributed by atoms with Gasteiger partial charge < -0.3 is 5.32 Å². The van der Waals surface area contributed by atoms with Gasteiger partial charge in [-0.1, -0.05) is 42.3 Å². The molecule has 36 heavy (non-hydrogen) atoms. The normalized spacial score (nSPS) is 13.6. The van der Waals surface area contributed by atoms with Crippen LogP contribution in [0.3, 0.4) is 0 Å². The number of amides is 1. The molecule has 1 aliphatic heterocycles. The average molecular weight is 548 g/mol. The lowest BCUT2D eigenvalue weighted by atomic mass is 10.1. The van der Waals surface area contributed by atoms with Crippen molar-refractivity contribution in [2.75, 3.05) is 29.3 Å². The molecule has 1 N–H and O–H groups in total. The van der Waals surface area contributed by atoms with Crippen LogP contribution >= 0.6 is 11.6 Å². The van der Waals surface area contributed by atoms with Crippen molar-refractivity contribution in [3.05, 3.63) is 82.9 Å². The number of rotatable bonds is 8. The number of anilines is 2. The predicted octanol–water partition coefficient (Wildman–Crippen LogP) is 4.05. The Bertz CT molecular complexity index is 1490. The highest BCUT2D eigenvalue weighted by Crippen LogP contribution is 2.35. The van der Waals surface area contributed by atoms with E-state index < -0.39 is 26.0 Å². The van der Waals surface area contributed by atoms with Gasteiger partial charge in [0.1, 0.15) is 0 Å². The number of carbonyl (C=O) groups is 1. The topological polar surface area (TPSA) is 104 Å². The first kappa shape index (κ1) is 26.2. The molecule has 8 nitrogen and oxygen atoms in total. The lowest BCUT2D eigenvalue weighted by Crippen LogP contribution is -2.37. The number of nitrogens with one attached hydrogen (secondary N) is 1. The van der Waals surface area contributed by atoms with E-state index in [4.69, 9.17) is 11.6 Å². The molecule has 3 aromatic rings. The second-order valence-corrected chi connectivity index (χ2v) is 12.7. The molecule has 0 radical (unpaired) electrons. The van der Waals surface area contributed by atoms with Gasteiger partial charge in [0.05, 0.1) is 22.0 Å². The summed E-state index contributed by atoms with van der Waals surface area (Å²) in [5.41, 5.74) is 2.62. The van der Waals surface area contributed by atoms with Crippen molar-refractivity contribution in [3.8, 4) is 0 Å². The molecule has 0 aliphatic carbocycles. The van der Waals surface area contributed by atoms with Gasteiger partial charge in [0.25, 0.3) is 10.0 Å². The molecule has 4 rings (SSSR count). The SMILES string of the molecule is CCN(CC(=O)Nc1ccc2c(c1)N(S(=O)(=O)c1ccc(Cl)cc1)CC2)S(=O)(=O)c1ccc(C)cc1. The number of fused-ring (bicyclic) bond motifs is 1. The second kappa shape index (κ2) is 10.2. The molecule has 11 heteroatoms. The summed E-state index contributed by atoms with van der Waals surface area (Å²) in [6.07, 6.45) is 0.536. The van der Waals surface area contributed by atoms with Crippen molar-refractivity contribution in [2.24, 2.45) is 0 Å². The largest absolute Gasteiger partial charge is 0.325 e. The van der Waals surface area contributed by atoms with Crippen molar-refractivity contribution in [3.63, 3.8) is 0 Å². The van der Waals surface area contributed by atoms with Crippen LogP contribution in [0.4, 0.5) is 11.4 Å². The molecule has 0 bridgehead atoms. The molecule has 1 heterocycles. The van der Waals surface area contributed by atoms with E-state index in [9.17, 15) is 21.6 Å². The monoisotopic (exact) mass is 547 g/mol. The van der Waals surface area contributed by atoms with Crippen LogP contribution in [-0.4, -0.2) is 46.7 Å². The Hall–Kier alpha value is -2.92. The van der Waals surface area contributed by atoms with Crippen LogP contribution in [0.25, 0.3) is 0 Å². The summed E-state index contributed by atoms with van der Waals surface area (Å²) >= 11 is 5.90. The highest BCUT2D eigenvalue weighted by Gasteiger charge is 2.31. The van der Waals surface area contributed by atoms with Gasteiger partial charge in [0, 0.05) is 23.8 Å². The van der Waals surface area contributed by atoms with Gasteiger partial charge >= 0.3 is 0 Å². The first-order valence-corrected chi connectivity index (χ1v) is 14.6. The quantitative estimate of drug-likeness (QED) is 0.458. The van der Waals surface area contributed by atoms with Crippen molar-refractivity contribution in [2.45, 2.75) is 30.1 Å². The highest BCUT2D eigenvalue weighted by molar-refractivity contribution is 7.92. The van der Waals surface area contributed by atoms with Gasteiger partial charge in [-0.15, -0.1) is 0 Å². The van der Waals surface area contributed by atoms with Crippen LogP contribution in [0.15, 0.2) is 76.5 Å². The average Bonchev–Trinajstić information content (AvgIpc) is 3.27. The molecule has 1 amide bonds.